The fourth-order valence-corrected chi connectivity index (χ4v) is 7.94. The third kappa shape index (κ3) is 6.18. The van der Waals surface area contributed by atoms with Gasteiger partial charge in [-0.15, -0.1) is 0 Å². The van der Waals surface area contributed by atoms with E-state index in [1.165, 1.54) is 17.1 Å². The summed E-state index contributed by atoms with van der Waals surface area (Å²) in [5.41, 5.74) is 6.06. The number of carbonyl (C=O) groups is 1. The highest BCUT2D eigenvalue weighted by molar-refractivity contribution is 7.89. The number of halogens is 1. The predicted molar refractivity (Wildman–Crippen MR) is 159 cm³/mol. The molecule has 1 saturated carbocycles. The molecule has 0 unspecified atom stereocenters. The lowest BCUT2D eigenvalue weighted by Gasteiger charge is -2.34. The van der Waals surface area contributed by atoms with Crippen molar-refractivity contribution < 1.29 is 22.7 Å². The van der Waals surface area contributed by atoms with Crippen molar-refractivity contribution in [3.8, 4) is 11.5 Å². The molecule has 2 aliphatic heterocycles. The molecule has 0 radical (unpaired) electrons. The van der Waals surface area contributed by atoms with E-state index >= 15 is 0 Å². The molecule has 10 heteroatoms. The molecule has 3 fully saturated rings. The van der Waals surface area contributed by atoms with Crippen molar-refractivity contribution >= 4 is 38.3 Å². The van der Waals surface area contributed by atoms with Crippen LogP contribution in [0.5, 0.6) is 11.5 Å². The third-order valence-electron chi connectivity index (χ3n) is 8.46. The molecule has 0 spiro atoms. The van der Waals surface area contributed by atoms with Gasteiger partial charge in [0.25, 0.3) is 0 Å². The first-order valence-electron chi connectivity index (χ1n) is 14.5. The molecule has 2 N–H and O–H groups in total. The zero-order chi connectivity index (χ0) is 28.6. The van der Waals surface area contributed by atoms with Gasteiger partial charge in [0, 0.05) is 30.6 Å². The van der Waals surface area contributed by atoms with E-state index in [0.29, 0.717) is 36.7 Å². The van der Waals surface area contributed by atoms with E-state index in [4.69, 9.17) is 26.8 Å². The highest BCUT2D eigenvalue weighted by Gasteiger charge is 2.46. The van der Waals surface area contributed by atoms with Crippen molar-refractivity contribution in [3.05, 3.63) is 65.7 Å². The number of fused-ring (bicyclic) bond motifs is 1. The van der Waals surface area contributed by atoms with Crippen LogP contribution in [0.2, 0.25) is 5.02 Å². The van der Waals surface area contributed by atoms with Crippen LogP contribution in [0.1, 0.15) is 44.9 Å². The van der Waals surface area contributed by atoms with Gasteiger partial charge in [-0.3, -0.25) is 4.79 Å². The maximum atomic E-state index is 14.1. The summed E-state index contributed by atoms with van der Waals surface area (Å²) < 4.78 is 41.8. The van der Waals surface area contributed by atoms with Crippen molar-refractivity contribution in [2.45, 2.75) is 74.1 Å². The molecular formula is C31H36ClN3O5S. The molecule has 2 atom stereocenters. The SMILES string of the molecule is NC1CCN(C(=O)[C@@H]2C[C@@H](Oc3ccc(Cl)cc3)CN2S(=O)(=O)c2ccc3cc(OC4CCCC4)ccc3c2)CC1. The van der Waals surface area contributed by atoms with Crippen LogP contribution in [0.25, 0.3) is 10.8 Å². The topological polar surface area (TPSA) is 102 Å². The van der Waals surface area contributed by atoms with Crippen LogP contribution in [-0.2, 0) is 14.8 Å². The van der Waals surface area contributed by atoms with Gasteiger partial charge in [0.05, 0.1) is 17.5 Å². The minimum absolute atomic E-state index is 0.0603. The summed E-state index contributed by atoms with van der Waals surface area (Å²) in [7, 11) is -4.01. The van der Waals surface area contributed by atoms with Crippen LogP contribution in [0.3, 0.4) is 0 Å². The van der Waals surface area contributed by atoms with Crippen molar-refractivity contribution in [2.75, 3.05) is 19.6 Å². The van der Waals surface area contributed by atoms with Crippen molar-refractivity contribution in [3.63, 3.8) is 0 Å². The highest BCUT2D eigenvalue weighted by atomic mass is 35.5. The molecule has 0 aromatic heterocycles. The van der Waals surface area contributed by atoms with Crippen LogP contribution in [0.4, 0.5) is 0 Å². The minimum Gasteiger partial charge on any atom is -0.490 e. The molecule has 218 valence electrons. The Morgan fingerprint density at radius 2 is 1.46 bits per heavy atom. The van der Waals surface area contributed by atoms with E-state index in [2.05, 4.69) is 0 Å². The van der Waals surface area contributed by atoms with E-state index < -0.39 is 22.2 Å². The number of rotatable bonds is 7. The number of amides is 1. The van der Waals surface area contributed by atoms with Gasteiger partial charge in [-0.1, -0.05) is 23.7 Å². The lowest BCUT2D eigenvalue weighted by Crippen LogP contribution is -2.51. The molecular weight excluding hydrogens is 562 g/mol. The van der Waals surface area contributed by atoms with Gasteiger partial charge in [0.1, 0.15) is 23.6 Å². The molecule has 2 saturated heterocycles. The molecule has 8 nitrogen and oxygen atoms in total. The second kappa shape index (κ2) is 11.8. The average molecular weight is 598 g/mol. The van der Waals surface area contributed by atoms with Crippen LogP contribution in [0.15, 0.2) is 65.6 Å². The monoisotopic (exact) mass is 597 g/mol. The summed E-state index contributed by atoms with van der Waals surface area (Å²) >= 11 is 6.02. The molecule has 3 aromatic carbocycles. The fourth-order valence-electron chi connectivity index (χ4n) is 6.15. The molecule has 0 bridgehead atoms. The van der Waals surface area contributed by atoms with E-state index in [0.717, 1.165) is 29.4 Å². The predicted octanol–water partition coefficient (Wildman–Crippen LogP) is 4.97. The van der Waals surface area contributed by atoms with Crippen molar-refractivity contribution in [1.29, 1.82) is 0 Å². The first-order chi connectivity index (χ1) is 19.8. The lowest BCUT2D eigenvalue weighted by molar-refractivity contribution is -0.135. The van der Waals surface area contributed by atoms with Gasteiger partial charge < -0.3 is 20.1 Å². The molecule has 3 aliphatic rings. The Balaban J connectivity index is 1.26. The van der Waals surface area contributed by atoms with Gasteiger partial charge in [-0.05, 0) is 97.8 Å². The van der Waals surface area contributed by atoms with Crippen LogP contribution < -0.4 is 15.2 Å². The zero-order valence-electron chi connectivity index (χ0n) is 23.0. The summed E-state index contributed by atoms with van der Waals surface area (Å²) in [4.78, 5) is 15.6. The van der Waals surface area contributed by atoms with Gasteiger partial charge in [0.2, 0.25) is 15.9 Å². The molecule has 6 rings (SSSR count). The van der Waals surface area contributed by atoms with Gasteiger partial charge in [0.15, 0.2) is 0 Å². The van der Waals surface area contributed by atoms with Crippen molar-refractivity contribution in [1.82, 2.24) is 9.21 Å². The minimum atomic E-state index is -4.01. The number of carbonyl (C=O) groups excluding carboxylic acids is 1. The summed E-state index contributed by atoms with van der Waals surface area (Å²) in [5, 5.41) is 2.28. The lowest BCUT2D eigenvalue weighted by atomic mass is 10.0. The maximum Gasteiger partial charge on any atom is 0.243 e. The smallest absolute Gasteiger partial charge is 0.243 e. The number of ether oxygens (including phenoxy) is 2. The normalized spacial score (nSPS) is 22.8. The van der Waals surface area contributed by atoms with Crippen LogP contribution >= 0.6 is 11.6 Å². The summed E-state index contributed by atoms with van der Waals surface area (Å²) in [6.07, 6.45) is 5.94. The molecule has 41 heavy (non-hydrogen) atoms. The van der Waals surface area contributed by atoms with E-state index in [-0.39, 0.29) is 35.9 Å². The Bertz CT molecular complexity index is 1500. The van der Waals surface area contributed by atoms with Gasteiger partial charge in [-0.2, -0.15) is 4.31 Å². The molecule has 3 aromatic rings. The van der Waals surface area contributed by atoms with E-state index in [1.807, 2.05) is 24.3 Å². The summed E-state index contributed by atoms with van der Waals surface area (Å²) in [6, 6.07) is 17.0. The number of piperidine rings is 1. The summed E-state index contributed by atoms with van der Waals surface area (Å²) in [5.74, 6) is 1.18. The van der Waals surface area contributed by atoms with Gasteiger partial charge >= 0.3 is 0 Å². The number of benzene rings is 3. The van der Waals surface area contributed by atoms with Crippen molar-refractivity contribution in [2.24, 2.45) is 5.73 Å². The molecule has 1 aliphatic carbocycles. The maximum absolute atomic E-state index is 14.1. The Morgan fingerprint density at radius 1 is 0.829 bits per heavy atom. The third-order valence-corrected chi connectivity index (χ3v) is 10.6. The number of sulfonamides is 1. The number of hydrogen-bond acceptors (Lipinski definition) is 6. The Labute approximate surface area is 246 Å². The quantitative estimate of drug-likeness (QED) is 0.412. The number of nitrogens with two attached hydrogens (primary N) is 1. The second-order valence-electron chi connectivity index (χ2n) is 11.4. The Morgan fingerprint density at radius 3 is 2.20 bits per heavy atom. The Hall–Kier alpha value is -2.85. The first kappa shape index (κ1) is 28.3. The van der Waals surface area contributed by atoms with Crippen LogP contribution in [0, 0.1) is 0 Å². The first-order valence-corrected chi connectivity index (χ1v) is 16.3. The average Bonchev–Trinajstić information content (AvgIpc) is 3.64. The Kier molecular flexibility index (Phi) is 8.14. The fraction of sp³-hybridized carbons (Fsp3) is 0.452. The summed E-state index contributed by atoms with van der Waals surface area (Å²) in [6.45, 7) is 1.11. The number of nitrogens with zero attached hydrogens (tertiary/aromatic N) is 2. The number of likely N-dealkylation sites (tertiary alicyclic amines) is 1. The molecule has 1 amide bonds. The number of hydrogen-bond donors (Lipinski definition) is 1. The zero-order valence-corrected chi connectivity index (χ0v) is 24.5. The largest absolute Gasteiger partial charge is 0.490 e. The van der Waals surface area contributed by atoms with E-state index in [9.17, 15) is 13.2 Å². The molecule has 2 heterocycles. The van der Waals surface area contributed by atoms with Gasteiger partial charge in [-0.25, -0.2) is 8.42 Å². The highest BCUT2D eigenvalue weighted by Crippen LogP contribution is 2.33. The second-order valence-corrected chi connectivity index (χ2v) is 13.7. The standard InChI is InChI=1S/C31H36ClN3O5S/c32-23-7-10-26(11-8-23)40-28-19-30(31(36)34-15-13-24(33)14-16-34)35(20-28)41(37,38)29-12-6-21-17-27(9-5-22(21)18-29)39-25-3-1-2-4-25/h5-12,17-18,24-25,28,30H,1-4,13-16,19-20,33H2/t28-,30+/m1/s1. The van der Waals surface area contributed by atoms with E-state index in [1.54, 1.807) is 41.3 Å². The van der Waals surface area contributed by atoms with Crippen LogP contribution in [-0.4, -0.2) is 67.5 Å².